The van der Waals surface area contributed by atoms with Crippen molar-refractivity contribution in [1.82, 2.24) is 20.5 Å². The van der Waals surface area contributed by atoms with Gasteiger partial charge >= 0.3 is 0 Å². The monoisotopic (exact) mass is 379 g/mol. The summed E-state index contributed by atoms with van der Waals surface area (Å²) < 4.78 is 5.52. The van der Waals surface area contributed by atoms with Gasteiger partial charge in [-0.05, 0) is 19.8 Å². The highest BCUT2D eigenvalue weighted by Gasteiger charge is 2.34. The third kappa shape index (κ3) is 5.66. The minimum absolute atomic E-state index is 0.352. The van der Waals surface area contributed by atoms with Gasteiger partial charge in [-0.25, -0.2) is 4.98 Å². The number of aromatic nitrogens is 1. The molecule has 6 nitrogen and oxygen atoms in total. The summed E-state index contributed by atoms with van der Waals surface area (Å²) in [4.78, 5) is 12.7. The van der Waals surface area contributed by atoms with Crippen LogP contribution in [-0.2, 0) is 11.3 Å². The molecule has 1 aliphatic carbocycles. The van der Waals surface area contributed by atoms with Crippen molar-refractivity contribution < 1.29 is 4.74 Å². The highest BCUT2D eigenvalue weighted by atomic mass is 32.1. The Morgan fingerprint density at radius 2 is 2.04 bits per heavy atom. The molecule has 26 heavy (non-hydrogen) atoms. The minimum Gasteiger partial charge on any atom is -0.379 e. The molecule has 0 spiro atoms. The Morgan fingerprint density at radius 1 is 1.27 bits per heavy atom. The number of hydrogen-bond acceptors (Lipinski definition) is 5. The van der Waals surface area contributed by atoms with Crippen molar-refractivity contribution >= 4 is 17.3 Å². The van der Waals surface area contributed by atoms with E-state index in [1.54, 1.807) is 11.3 Å². The maximum atomic E-state index is 5.52. The van der Waals surface area contributed by atoms with Crippen molar-refractivity contribution in [1.29, 1.82) is 0 Å². The van der Waals surface area contributed by atoms with Crippen LogP contribution in [0.15, 0.2) is 11.2 Å². The molecule has 0 bridgehead atoms. The zero-order chi connectivity index (χ0) is 18.2. The molecule has 0 amide bonds. The largest absolute Gasteiger partial charge is 0.379 e. The second-order valence-corrected chi connectivity index (χ2v) is 8.91. The van der Waals surface area contributed by atoms with Gasteiger partial charge in [-0.3, -0.25) is 9.89 Å². The topological polar surface area (TPSA) is 61.8 Å². The number of rotatable bonds is 6. The van der Waals surface area contributed by atoms with E-state index in [9.17, 15) is 0 Å². The van der Waals surface area contributed by atoms with Crippen LogP contribution < -0.4 is 10.6 Å². The maximum absolute atomic E-state index is 5.52. The third-order valence-electron chi connectivity index (χ3n) is 5.51. The minimum atomic E-state index is 0.352. The van der Waals surface area contributed by atoms with Gasteiger partial charge in [0.25, 0.3) is 0 Å². The number of morpholine rings is 1. The van der Waals surface area contributed by atoms with Gasteiger partial charge < -0.3 is 15.4 Å². The second kappa shape index (κ2) is 9.67. The highest BCUT2D eigenvalue weighted by Crippen LogP contribution is 2.36. The summed E-state index contributed by atoms with van der Waals surface area (Å²) >= 11 is 1.73. The first-order valence-electron chi connectivity index (χ1n) is 9.85. The molecule has 1 saturated carbocycles. The molecule has 1 aromatic rings. The van der Waals surface area contributed by atoms with E-state index >= 15 is 0 Å². The molecule has 2 heterocycles. The zero-order valence-electron chi connectivity index (χ0n) is 16.2. The fourth-order valence-electron chi connectivity index (χ4n) is 4.06. The van der Waals surface area contributed by atoms with Crippen LogP contribution in [0.25, 0.3) is 0 Å². The Labute approximate surface area is 161 Å². The molecule has 0 atom stereocenters. The predicted octanol–water partition coefficient (Wildman–Crippen LogP) is 2.40. The van der Waals surface area contributed by atoms with E-state index in [-0.39, 0.29) is 0 Å². The summed E-state index contributed by atoms with van der Waals surface area (Å²) in [5.41, 5.74) is 0.352. The van der Waals surface area contributed by atoms with Gasteiger partial charge in [-0.2, -0.15) is 0 Å². The fraction of sp³-hybridized carbons (Fsp3) is 0.789. The lowest BCUT2D eigenvalue weighted by Gasteiger charge is -2.42. The number of aliphatic imine (C=N–C) groups is 1. The predicted molar refractivity (Wildman–Crippen MR) is 108 cm³/mol. The van der Waals surface area contributed by atoms with E-state index in [1.165, 1.54) is 43.5 Å². The Morgan fingerprint density at radius 3 is 2.69 bits per heavy atom. The summed E-state index contributed by atoms with van der Waals surface area (Å²) in [6.45, 7) is 8.87. The molecule has 2 fully saturated rings. The summed E-state index contributed by atoms with van der Waals surface area (Å²) in [5, 5.41) is 8.12. The molecule has 3 rings (SSSR count). The van der Waals surface area contributed by atoms with Crippen molar-refractivity contribution in [2.75, 3.05) is 46.4 Å². The summed E-state index contributed by atoms with van der Waals surface area (Å²) in [6, 6.07) is 0. The first kappa shape index (κ1) is 19.6. The van der Waals surface area contributed by atoms with Gasteiger partial charge in [0.05, 0.1) is 19.8 Å². The lowest BCUT2D eigenvalue weighted by Crippen LogP contribution is -2.51. The maximum Gasteiger partial charge on any atom is 0.191 e. The van der Waals surface area contributed by atoms with Gasteiger partial charge in [0.15, 0.2) is 5.96 Å². The molecular formula is C19H33N5OS. The molecule has 0 unspecified atom stereocenters. The van der Waals surface area contributed by atoms with Crippen molar-refractivity contribution in [2.45, 2.75) is 45.6 Å². The van der Waals surface area contributed by atoms with Crippen LogP contribution in [0.4, 0.5) is 0 Å². The van der Waals surface area contributed by atoms with E-state index < -0.39 is 0 Å². The van der Waals surface area contributed by atoms with Gasteiger partial charge in [-0.15, -0.1) is 11.3 Å². The SMILES string of the molecule is CN=C(NCc1ncc(C)s1)NCC1(CN2CCOCC2)CCCCC1. The Kier molecular flexibility index (Phi) is 7.28. The van der Waals surface area contributed by atoms with Gasteiger partial charge in [-0.1, -0.05) is 19.3 Å². The van der Waals surface area contributed by atoms with Crippen molar-refractivity contribution in [3.63, 3.8) is 0 Å². The molecule has 0 radical (unpaired) electrons. The highest BCUT2D eigenvalue weighted by molar-refractivity contribution is 7.11. The normalized spacial score (nSPS) is 21.5. The molecule has 2 aliphatic rings. The summed E-state index contributed by atoms with van der Waals surface area (Å²) in [5.74, 6) is 0.879. The number of ether oxygens (including phenoxy) is 1. The van der Waals surface area contributed by atoms with Crippen LogP contribution in [0.3, 0.4) is 0 Å². The molecule has 1 aromatic heterocycles. The van der Waals surface area contributed by atoms with E-state index in [0.29, 0.717) is 5.41 Å². The standard InChI is InChI=1S/C19H33N5OS/c1-16-12-21-17(26-16)13-22-18(20-2)23-14-19(6-4-3-5-7-19)15-24-8-10-25-11-9-24/h12H,3-11,13-15H2,1-2H3,(H2,20,22,23). The van der Waals surface area contributed by atoms with Crippen LogP contribution in [0.2, 0.25) is 0 Å². The lowest BCUT2D eigenvalue weighted by atomic mass is 9.73. The zero-order valence-corrected chi connectivity index (χ0v) is 17.0. The van der Waals surface area contributed by atoms with Crippen LogP contribution in [0, 0.1) is 12.3 Å². The van der Waals surface area contributed by atoms with Crippen molar-refractivity contribution in [2.24, 2.45) is 10.4 Å². The molecule has 1 saturated heterocycles. The lowest BCUT2D eigenvalue weighted by molar-refractivity contribution is 0.00820. The molecule has 2 N–H and O–H groups in total. The number of nitrogens with zero attached hydrogens (tertiary/aromatic N) is 3. The smallest absolute Gasteiger partial charge is 0.191 e. The fourth-order valence-corrected chi connectivity index (χ4v) is 4.79. The molecule has 7 heteroatoms. The van der Waals surface area contributed by atoms with E-state index in [1.807, 2.05) is 13.2 Å². The first-order chi connectivity index (χ1) is 12.7. The molecule has 1 aliphatic heterocycles. The van der Waals surface area contributed by atoms with Gasteiger partial charge in [0.2, 0.25) is 0 Å². The second-order valence-electron chi connectivity index (χ2n) is 7.59. The van der Waals surface area contributed by atoms with Crippen molar-refractivity contribution in [3.8, 4) is 0 Å². The Hall–Kier alpha value is -1.18. The Balaban J connectivity index is 1.53. The average molecular weight is 380 g/mol. The number of aryl methyl sites for hydroxylation is 1. The van der Waals surface area contributed by atoms with Crippen LogP contribution in [0.1, 0.15) is 42.0 Å². The molecule has 146 valence electrons. The van der Waals surface area contributed by atoms with E-state index in [4.69, 9.17) is 4.74 Å². The van der Waals surface area contributed by atoms with E-state index in [0.717, 1.165) is 50.4 Å². The summed E-state index contributed by atoms with van der Waals surface area (Å²) in [7, 11) is 1.85. The quantitative estimate of drug-likeness (QED) is 0.587. The summed E-state index contributed by atoms with van der Waals surface area (Å²) in [6.07, 6.45) is 8.60. The Bertz CT molecular complexity index is 576. The third-order valence-corrected chi connectivity index (χ3v) is 6.42. The average Bonchev–Trinajstić information content (AvgIpc) is 3.09. The number of thiazole rings is 1. The molecule has 0 aromatic carbocycles. The van der Waals surface area contributed by atoms with Gasteiger partial charge in [0.1, 0.15) is 5.01 Å². The van der Waals surface area contributed by atoms with Gasteiger partial charge in [0, 0.05) is 49.7 Å². The van der Waals surface area contributed by atoms with E-state index in [2.05, 4.69) is 32.4 Å². The number of nitrogens with one attached hydrogen (secondary N) is 2. The van der Waals surface area contributed by atoms with Crippen LogP contribution in [0.5, 0.6) is 0 Å². The van der Waals surface area contributed by atoms with Crippen molar-refractivity contribution in [3.05, 3.63) is 16.1 Å². The number of hydrogen-bond donors (Lipinski definition) is 2. The van der Waals surface area contributed by atoms with Crippen LogP contribution >= 0.6 is 11.3 Å². The molecular weight excluding hydrogens is 346 g/mol. The number of guanidine groups is 1. The van der Waals surface area contributed by atoms with Crippen LogP contribution in [-0.4, -0.2) is 62.3 Å². The first-order valence-corrected chi connectivity index (χ1v) is 10.7.